The van der Waals surface area contributed by atoms with Crippen molar-refractivity contribution in [2.75, 3.05) is 6.26 Å². The van der Waals surface area contributed by atoms with Gasteiger partial charge in [-0.1, -0.05) is 6.07 Å². The van der Waals surface area contributed by atoms with Gasteiger partial charge in [0.25, 0.3) is 0 Å². The van der Waals surface area contributed by atoms with E-state index in [1.54, 1.807) is 18.2 Å². The van der Waals surface area contributed by atoms with Crippen molar-refractivity contribution in [1.82, 2.24) is 5.32 Å². The highest BCUT2D eigenvalue weighted by molar-refractivity contribution is 7.86. The number of alkyl carbamates (subject to hydrolysis) is 1. The lowest BCUT2D eigenvalue weighted by Crippen LogP contribution is -2.36. The highest BCUT2D eigenvalue weighted by Gasteiger charge is 2.25. The lowest BCUT2D eigenvalue weighted by Gasteiger charge is -2.28. The molecule has 0 heterocycles. The number of nitrogens with one attached hydrogen (secondary N) is 1. The third-order valence-corrected chi connectivity index (χ3v) is 3.86. The van der Waals surface area contributed by atoms with Crippen molar-refractivity contribution < 1.29 is 22.1 Å². The second-order valence-electron chi connectivity index (χ2n) is 6.74. The van der Waals surface area contributed by atoms with Crippen LogP contribution in [0.1, 0.15) is 50.8 Å². The first kappa shape index (κ1) is 17.6. The van der Waals surface area contributed by atoms with E-state index in [4.69, 9.17) is 8.92 Å². The molecule has 0 saturated carbocycles. The van der Waals surface area contributed by atoms with Gasteiger partial charge in [0.2, 0.25) is 0 Å². The topological polar surface area (TPSA) is 81.7 Å². The van der Waals surface area contributed by atoms with Gasteiger partial charge in [-0.3, -0.25) is 0 Å². The van der Waals surface area contributed by atoms with Crippen LogP contribution in [0.15, 0.2) is 18.2 Å². The summed E-state index contributed by atoms with van der Waals surface area (Å²) < 4.78 is 32.6. The molecule has 1 aliphatic rings. The number of benzene rings is 1. The summed E-state index contributed by atoms with van der Waals surface area (Å²) in [4.78, 5) is 12.0. The number of carbonyl (C=O) groups excluding carboxylic acids is 1. The van der Waals surface area contributed by atoms with Crippen molar-refractivity contribution in [1.29, 1.82) is 0 Å². The molecular weight excluding hydrogens is 318 g/mol. The predicted molar refractivity (Wildman–Crippen MR) is 87.0 cm³/mol. The van der Waals surface area contributed by atoms with E-state index >= 15 is 0 Å². The minimum Gasteiger partial charge on any atom is -0.444 e. The largest absolute Gasteiger partial charge is 0.444 e. The van der Waals surface area contributed by atoms with E-state index in [-0.39, 0.29) is 6.04 Å². The minimum atomic E-state index is -3.55. The molecule has 1 aromatic carbocycles. The molecule has 0 saturated heterocycles. The molecule has 1 aromatic rings. The van der Waals surface area contributed by atoms with Gasteiger partial charge >= 0.3 is 16.2 Å². The molecule has 1 amide bonds. The van der Waals surface area contributed by atoms with Crippen LogP contribution >= 0.6 is 0 Å². The number of fused-ring (bicyclic) bond motifs is 1. The van der Waals surface area contributed by atoms with Gasteiger partial charge in [-0.2, -0.15) is 8.42 Å². The van der Waals surface area contributed by atoms with Crippen LogP contribution < -0.4 is 9.50 Å². The summed E-state index contributed by atoms with van der Waals surface area (Å²) in [5.41, 5.74) is 1.41. The number of hydrogen-bond donors (Lipinski definition) is 1. The van der Waals surface area contributed by atoms with Gasteiger partial charge in [-0.15, -0.1) is 0 Å². The summed E-state index contributed by atoms with van der Waals surface area (Å²) in [6, 6.07) is 4.99. The van der Waals surface area contributed by atoms with E-state index in [9.17, 15) is 13.2 Å². The lowest BCUT2D eigenvalue weighted by molar-refractivity contribution is 0.0498. The monoisotopic (exact) mass is 341 g/mol. The van der Waals surface area contributed by atoms with E-state index in [1.165, 1.54) is 0 Å². The standard InChI is InChI=1S/C16H23NO5S/c1-16(2,3)21-15(18)17-14-7-5-6-11-10-12(8-9-13(11)14)22-23(4,19)20/h8-10,14H,5-7H2,1-4H3,(H,17,18). The third-order valence-electron chi connectivity index (χ3n) is 3.37. The van der Waals surface area contributed by atoms with Crippen molar-refractivity contribution in [2.24, 2.45) is 0 Å². The van der Waals surface area contributed by atoms with Gasteiger partial charge in [-0.05, 0) is 63.3 Å². The maximum absolute atomic E-state index is 12.0. The van der Waals surface area contributed by atoms with E-state index < -0.39 is 21.8 Å². The van der Waals surface area contributed by atoms with Crippen LogP contribution in [0, 0.1) is 0 Å². The Morgan fingerprint density at radius 1 is 1.30 bits per heavy atom. The molecule has 1 aliphatic carbocycles. The van der Waals surface area contributed by atoms with Crippen molar-refractivity contribution >= 4 is 16.2 Å². The number of rotatable bonds is 3. The first-order valence-electron chi connectivity index (χ1n) is 7.55. The zero-order valence-electron chi connectivity index (χ0n) is 13.9. The van der Waals surface area contributed by atoms with Crippen molar-refractivity contribution in [3.05, 3.63) is 29.3 Å². The van der Waals surface area contributed by atoms with Gasteiger partial charge in [0, 0.05) is 0 Å². The summed E-state index contributed by atoms with van der Waals surface area (Å²) in [5, 5.41) is 2.88. The van der Waals surface area contributed by atoms with Crippen LogP contribution in [0.4, 0.5) is 4.79 Å². The number of carbonyl (C=O) groups is 1. The Morgan fingerprint density at radius 3 is 2.61 bits per heavy atom. The fourth-order valence-electron chi connectivity index (χ4n) is 2.62. The fraction of sp³-hybridized carbons (Fsp3) is 0.562. The molecular formula is C16H23NO5S. The van der Waals surface area contributed by atoms with Gasteiger partial charge in [0.05, 0.1) is 12.3 Å². The molecule has 0 aromatic heterocycles. The third kappa shape index (κ3) is 5.42. The molecule has 1 unspecified atom stereocenters. The maximum Gasteiger partial charge on any atom is 0.408 e. The number of hydrogen-bond acceptors (Lipinski definition) is 5. The Labute approximate surface area is 137 Å². The van der Waals surface area contributed by atoms with Crippen LogP contribution in [0.2, 0.25) is 0 Å². The number of ether oxygens (including phenoxy) is 1. The Balaban J connectivity index is 2.15. The molecule has 128 valence electrons. The highest BCUT2D eigenvalue weighted by atomic mass is 32.2. The zero-order valence-corrected chi connectivity index (χ0v) is 14.7. The zero-order chi connectivity index (χ0) is 17.3. The van der Waals surface area contributed by atoms with Crippen LogP contribution in [0.25, 0.3) is 0 Å². The van der Waals surface area contributed by atoms with E-state index in [0.29, 0.717) is 5.75 Å². The average Bonchev–Trinajstić information content (AvgIpc) is 2.34. The average molecular weight is 341 g/mol. The Kier molecular flexibility index (Phi) is 4.89. The SMILES string of the molecule is CC(C)(C)OC(=O)NC1CCCc2cc(OS(C)(=O)=O)ccc21. The summed E-state index contributed by atoms with van der Waals surface area (Å²) >= 11 is 0. The summed E-state index contributed by atoms with van der Waals surface area (Å²) in [7, 11) is -3.55. The van der Waals surface area contributed by atoms with Gasteiger partial charge in [-0.25, -0.2) is 4.79 Å². The van der Waals surface area contributed by atoms with Crippen molar-refractivity contribution in [3.63, 3.8) is 0 Å². The summed E-state index contributed by atoms with van der Waals surface area (Å²) in [5.74, 6) is 0.296. The molecule has 0 aliphatic heterocycles. The van der Waals surface area contributed by atoms with Crippen LogP contribution in [-0.2, 0) is 21.3 Å². The van der Waals surface area contributed by atoms with Crippen LogP contribution in [-0.4, -0.2) is 26.4 Å². The van der Waals surface area contributed by atoms with Crippen molar-refractivity contribution in [3.8, 4) is 5.75 Å². The van der Waals surface area contributed by atoms with E-state index in [0.717, 1.165) is 36.6 Å². The molecule has 0 fully saturated rings. The Morgan fingerprint density at radius 2 is 2.00 bits per heavy atom. The highest BCUT2D eigenvalue weighted by Crippen LogP contribution is 2.32. The molecule has 1 N–H and O–H groups in total. The number of aryl methyl sites for hydroxylation is 1. The molecule has 2 rings (SSSR count). The van der Waals surface area contributed by atoms with E-state index in [2.05, 4.69) is 5.32 Å². The Bertz CT molecular complexity index is 691. The molecule has 0 radical (unpaired) electrons. The molecule has 1 atom stereocenters. The molecule has 0 spiro atoms. The quantitative estimate of drug-likeness (QED) is 0.855. The minimum absolute atomic E-state index is 0.138. The van der Waals surface area contributed by atoms with Gasteiger partial charge in [0.15, 0.2) is 0 Å². The van der Waals surface area contributed by atoms with Gasteiger partial charge < -0.3 is 14.2 Å². The fourth-order valence-corrected chi connectivity index (χ4v) is 3.07. The predicted octanol–water partition coefficient (Wildman–Crippen LogP) is 2.93. The molecule has 7 heteroatoms. The first-order chi connectivity index (χ1) is 10.5. The molecule has 0 bridgehead atoms. The maximum atomic E-state index is 12.0. The smallest absolute Gasteiger partial charge is 0.408 e. The normalized spacial score (nSPS) is 18.0. The van der Waals surface area contributed by atoms with Crippen molar-refractivity contribution in [2.45, 2.75) is 51.7 Å². The second-order valence-corrected chi connectivity index (χ2v) is 8.31. The first-order valence-corrected chi connectivity index (χ1v) is 9.37. The van der Waals surface area contributed by atoms with Crippen LogP contribution in [0.3, 0.4) is 0 Å². The number of amides is 1. The molecule has 23 heavy (non-hydrogen) atoms. The summed E-state index contributed by atoms with van der Waals surface area (Å²) in [6.07, 6.45) is 3.10. The second kappa shape index (κ2) is 6.39. The van der Waals surface area contributed by atoms with Gasteiger partial charge in [0.1, 0.15) is 11.4 Å². The Hall–Kier alpha value is -1.76. The summed E-state index contributed by atoms with van der Waals surface area (Å²) in [6.45, 7) is 5.45. The van der Waals surface area contributed by atoms with Crippen LogP contribution in [0.5, 0.6) is 5.75 Å². The molecule has 6 nitrogen and oxygen atoms in total. The lowest BCUT2D eigenvalue weighted by atomic mass is 9.87. The van der Waals surface area contributed by atoms with E-state index in [1.807, 2.05) is 20.8 Å².